The van der Waals surface area contributed by atoms with Gasteiger partial charge in [0.15, 0.2) is 11.5 Å². The first kappa shape index (κ1) is 27.9. The Morgan fingerprint density at radius 1 is 0.970 bits per heavy atom. The van der Waals surface area contributed by atoms with Crippen LogP contribution in [0.4, 0.5) is 4.79 Å². The van der Waals surface area contributed by atoms with E-state index in [4.69, 9.17) is 23.7 Å². The monoisotopic (exact) mass is 467 g/mol. The molecule has 33 heavy (non-hydrogen) atoms. The smallest absolute Gasteiger partial charge is 0.468 e. The van der Waals surface area contributed by atoms with Crippen molar-refractivity contribution in [3.05, 3.63) is 23.8 Å². The van der Waals surface area contributed by atoms with Crippen LogP contribution in [0.3, 0.4) is 0 Å². The van der Waals surface area contributed by atoms with Crippen molar-refractivity contribution in [2.45, 2.75) is 59.6 Å². The molecule has 10 heteroatoms. The SMILES string of the molecule is COC(=O)[C@H](Cc1ccc(OC(C)=O)c(OC(C)=O)c1)NCC(C)OC(=O)OCCC(C)C. The molecule has 0 radical (unpaired) electrons. The lowest BCUT2D eigenvalue weighted by molar-refractivity contribution is -0.143. The van der Waals surface area contributed by atoms with E-state index in [0.29, 0.717) is 11.5 Å². The van der Waals surface area contributed by atoms with Gasteiger partial charge in [-0.15, -0.1) is 0 Å². The molecule has 1 rings (SSSR count). The Hall–Kier alpha value is -3.14. The molecule has 0 heterocycles. The minimum atomic E-state index is -0.775. The molecule has 0 aliphatic rings. The molecule has 0 spiro atoms. The van der Waals surface area contributed by atoms with E-state index >= 15 is 0 Å². The molecule has 0 aliphatic heterocycles. The summed E-state index contributed by atoms with van der Waals surface area (Å²) in [5.41, 5.74) is 0.617. The fraction of sp³-hybridized carbons (Fsp3) is 0.565. The fourth-order valence-electron chi connectivity index (χ4n) is 2.70. The zero-order chi connectivity index (χ0) is 25.0. The predicted octanol–water partition coefficient (Wildman–Crippen LogP) is 2.80. The number of rotatable bonds is 12. The van der Waals surface area contributed by atoms with Gasteiger partial charge in [-0.2, -0.15) is 0 Å². The Balaban J connectivity index is 2.79. The first-order chi connectivity index (χ1) is 15.5. The minimum Gasteiger partial charge on any atom is -0.468 e. The second-order valence-corrected chi connectivity index (χ2v) is 7.87. The van der Waals surface area contributed by atoms with E-state index in [1.807, 2.05) is 13.8 Å². The van der Waals surface area contributed by atoms with Gasteiger partial charge in [-0.05, 0) is 43.4 Å². The maximum absolute atomic E-state index is 12.3. The highest BCUT2D eigenvalue weighted by atomic mass is 16.7. The number of hydrogen-bond acceptors (Lipinski definition) is 10. The Morgan fingerprint density at radius 2 is 1.61 bits per heavy atom. The van der Waals surface area contributed by atoms with E-state index in [0.717, 1.165) is 6.42 Å². The van der Waals surface area contributed by atoms with Gasteiger partial charge in [-0.25, -0.2) is 4.79 Å². The zero-order valence-electron chi connectivity index (χ0n) is 20.0. The van der Waals surface area contributed by atoms with Crippen molar-refractivity contribution < 1.29 is 42.9 Å². The molecule has 0 bridgehead atoms. The number of hydrogen-bond donors (Lipinski definition) is 1. The maximum Gasteiger partial charge on any atom is 0.508 e. The Bertz CT molecular complexity index is 822. The summed E-state index contributed by atoms with van der Waals surface area (Å²) in [5, 5.41) is 3.01. The molecule has 184 valence electrons. The second kappa shape index (κ2) is 14.1. The first-order valence-corrected chi connectivity index (χ1v) is 10.7. The zero-order valence-corrected chi connectivity index (χ0v) is 20.0. The number of benzene rings is 1. The van der Waals surface area contributed by atoms with Crippen molar-refractivity contribution in [1.29, 1.82) is 0 Å². The van der Waals surface area contributed by atoms with Crippen LogP contribution in [0.1, 0.15) is 46.6 Å². The second-order valence-electron chi connectivity index (χ2n) is 7.87. The normalized spacial score (nSPS) is 12.5. The Kier molecular flexibility index (Phi) is 11.9. The van der Waals surface area contributed by atoms with Crippen molar-refractivity contribution in [2.24, 2.45) is 5.92 Å². The Morgan fingerprint density at radius 3 is 2.18 bits per heavy atom. The predicted molar refractivity (Wildman–Crippen MR) is 118 cm³/mol. The standard InChI is InChI=1S/C23H33NO9/c1-14(2)9-10-30-23(28)31-15(3)13-24-19(22(27)29-6)11-18-7-8-20(32-16(4)25)21(12-18)33-17(5)26/h7-8,12,14-15,19,24H,9-11,13H2,1-6H3/t15?,19-/m0/s1. The summed E-state index contributed by atoms with van der Waals surface area (Å²) >= 11 is 0. The lowest BCUT2D eigenvalue weighted by Crippen LogP contribution is -2.43. The molecular weight excluding hydrogens is 434 g/mol. The molecule has 1 aromatic carbocycles. The molecule has 1 unspecified atom stereocenters. The molecule has 0 aliphatic carbocycles. The maximum atomic E-state index is 12.3. The van der Waals surface area contributed by atoms with Crippen LogP contribution in [0.2, 0.25) is 0 Å². The van der Waals surface area contributed by atoms with Crippen molar-refractivity contribution in [3.8, 4) is 11.5 Å². The van der Waals surface area contributed by atoms with Gasteiger partial charge in [0.1, 0.15) is 12.1 Å². The number of ether oxygens (including phenoxy) is 5. The summed E-state index contributed by atoms with van der Waals surface area (Å²) < 4.78 is 25.2. The highest BCUT2D eigenvalue weighted by Crippen LogP contribution is 2.29. The van der Waals surface area contributed by atoms with Gasteiger partial charge in [0.05, 0.1) is 13.7 Å². The first-order valence-electron chi connectivity index (χ1n) is 10.7. The van der Waals surface area contributed by atoms with Gasteiger partial charge >= 0.3 is 24.1 Å². The molecular formula is C23H33NO9. The number of carbonyl (C=O) groups excluding carboxylic acids is 4. The quantitative estimate of drug-likeness (QED) is 0.362. The van der Waals surface area contributed by atoms with Crippen LogP contribution in [0.5, 0.6) is 11.5 Å². The van der Waals surface area contributed by atoms with E-state index in [-0.39, 0.29) is 31.1 Å². The fourth-order valence-corrected chi connectivity index (χ4v) is 2.70. The van der Waals surface area contributed by atoms with Crippen molar-refractivity contribution in [3.63, 3.8) is 0 Å². The van der Waals surface area contributed by atoms with Crippen molar-refractivity contribution in [1.82, 2.24) is 5.32 Å². The molecule has 10 nitrogen and oxygen atoms in total. The summed E-state index contributed by atoms with van der Waals surface area (Å²) in [6.45, 7) is 8.60. The molecule has 0 saturated heterocycles. The van der Waals surface area contributed by atoms with E-state index in [1.165, 1.54) is 33.1 Å². The average molecular weight is 468 g/mol. The molecule has 0 fully saturated rings. The summed E-state index contributed by atoms with van der Waals surface area (Å²) in [5.74, 6) is -1.14. The highest BCUT2D eigenvalue weighted by molar-refractivity contribution is 5.76. The molecule has 1 aromatic rings. The summed E-state index contributed by atoms with van der Waals surface area (Å²) in [4.78, 5) is 46.7. The highest BCUT2D eigenvalue weighted by Gasteiger charge is 2.22. The van der Waals surface area contributed by atoms with Crippen LogP contribution in [0, 0.1) is 5.92 Å². The van der Waals surface area contributed by atoms with Crippen molar-refractivity contribution >= 4 is 24.1 Å². The summed E-state index contributed by atoms with van der Waals surface area (Å²) in [7, 11) is 1.26. The molecule has 2 atom stereocenters. The summed E-state index contributed by atoms with van der Waals surface area (Å²) in [6, 6.07) is 3.84. The van der Waals surface area contributed by atoms with E-state index in [2.05, 4.69) is 5.32 Å². The Labute approximate surface area is 193 Å². The number of methoxy groups -OCH3 is 1. The van der Waals surface area contributed by atoms with E-state index in [9.17, 15) is 19.2 Å². The topological polar surface area (TPSA) is 126 Å². The summed E-state index contributed by atoms with van der Waals surface area (Å²) in [6.07, 6.45) is -0.428. The van der Waals surface area contributed by atoms with Gasteiger partial charge in [0.25, 0.3) is 0 Å². The van der Waals surface area contributed by atoms with E-state index < -0.39 is 36.2 Å². The van der Waals surface area contributed by atoms with Gasteiger partial charge in [0, 0.05) is 20.4 Å². The van der Waals surface area contributed by atoms with Gasteiger partial charge in [-0.3, -0.25) is 14.4 Å². The third-order valence-electron chi connectivity index (χ3n) is 4.31. The third-order valence-corrected chi connectivity index (χ3v) is 4.31. The molecule has 0 saturated carbocycles. The minimum absolute atomic E-state index is 0.0552. The third kappa shape index (κ3) is 11.3. The molecule has 0 aromatic heterocycles. The number of esters is 3. The lowest BCUT2D eigenvalue weighted by Gasteiger charge is -2.20. The number of nitrogens with one attached hydrogen (secondary N) is 1. The van der Waals surface area contributed by atoms with Gasteiger partial charge in [0.2, 0.25) is 0 Å². The van der Waals surface area contributed by atoms with E-state index in [1.54, 1.807) is 13.0 Å². The lowest BCUT2D eigenvalue weighted by atomic mass is 10.0. The van der Waals surface area contributed by atoms with Crippen molar-refractivity contribution in [2.75, 3.05) is 20.3 Å². The number of carbonyl (C=O) groups is 4. The van der Waals surface area contributed by atoms with Crippen LogP contribution < -0.4 is 14.8 Å². The van der Waals surface area contributed by atoms with Crippen LogP contribution in [-0.2, 0) is 35.0 Å². The van der Waals surface area contributed by atoms with Crippen LogP contribution in [0.15, 0.2) is 18.2 Å². The molecule has 1 N–H and O–H groups in total. The van der Waals surface area contributed by atoms with Crippen LogP contribution in [0.25, 0.3) is 0 Å². The van der Waals surface area contributed by atoms with Gasteiger partial charge < -0.3 is 29.0 Å². The van der Waals surface area contributed by atoms with Crippen LogP contribution in [-0.4, -0.2) is 56.5 Å². The van der Waals surface area contributed by atoms with Gasteiger partial charge in [-0.1, -0.05) is 19.9 Å². The largest absolute Gasteiger partial charge is 0.508 e. The average Bonchev–Trinajstić information content (AvgIpc) is 2.71. The van der Waals surface area contributed by atoms with Crippen LogP contribution >= 0.6 is 0 Å². The molecule has 0 amide bonds.